The summed E-state index contributed by atoms with van der Waals surface area (Å²) in [6.45, 7) is 9.56. The van der Waals surface area contributed by atoms with Gasteiger partial charge in [0.2, 0.25) is 0 Å². The second-order valence-electron chi connectivity index (χ2n) is 4.87. The molecular formula is C14H23NO. The smallest absolute Gasteiger partial charge is 0.0741 e. The third-order valence-electron chi connectivity index (χ3n) is 3.17. The molecule has 1 unspecified atom stereocenters. The van der Waals surface area contributed by atoms with Gasteiger partial charge >= 0.3 is 0 Å². The molecule has 90 valence electrons. The van der Waals surface area contributed by atoms with Crippen LogP contribution < -0.4 is 5.32 Å². The Morgan fingerprint density at radius 3 is 2.50 bits per heavy atom. The van der Waals surface area contributed by atoms with Gasteiger partial charge in [-0.2, -0.15) is 0 Å². The minimum absolute atomic E-state index is 0.597. The molecule has 0 aliphatic rings. The summed E-state index contributed by atoms with van der Waals surface area (Å²) < 4.78 is 0. The number of hydrogen-bond acceptors (Lipinski definition) is 2. The molecule has 0 heterocycles. The van der Waals surface area contributed by atoms with Crippen LogP contribution in [-0.2, 0) is 6.54 Å². The van der Waals surface area contributed by atoms with Crippen molar-refractivity contribution in [3.63, 3.8) is 0 Å². The summed E-state index contributed by atoms with van der Waals surface area (Å²) in [4.78, 5) is 0. The molecule has 1 aromatic carbocycles. The predicted molar refractivity (Wildman–Crippen MR) is 68.5 cm³/mol. The van der Waals surface area contributed by atoms with Crippen molar-refractivity contribution in [2.75, 3.05) is 6.54 Å². The Labute approximate surface area is 98.7 Å². The van der Waals surface area contributed by atoms with Gasteiger partial charge < -0.3 is 10.4 Å². The van der Waals surface area contributed by atoms with Gasteiger partial charge in [0.25, 0.3) is 0 Å². The zero-order chi connectivity index (χ0) is 12.2. The third-order valence-corrected chi connectivity index (χ3v) is 3.17. The third kappa shape index (κ3) is 3.95. The van der Waals surface area contributed by atoms with E-state index in [-0.39, 0.29) is 0 Å². The molecule has 2 nitrogen and oxygen atoms in total. The van der Waals surface area contributed by atoms with Gasteiger partial charge in [0.05, 0.1) is 5.60 Å². The molecule has 0 spiro atoms. The topological polar surface area (TPSA) is 32.3 Å². The van der Waals surface area contributed by atoms with Gasteiger partial charge in [-0.1, -0.05) is 25.1 Å². The van der Waals surface area contributed by atoms with E-state index in [4.69, 9.17) is 0 Å². The Morgan fingerprint density at radius 1 is 1.25 bits per heavy atom. The number of aryl methyl sites for hydroxylation is 2. The standard InChI is InChI=1S/C14H23NO/c1-5-14(4,16)10-15-9-13-7-6-11(2)12(3)8-13/h6-8,15-16H,5,9-10H2,1-4H3. The minimum Gasteiger partial charge on any atom is -0.389 e. The maximum absolute atomic E-state index is 9.84. The van der Waals surface area contributed by atoms with Crippen LogP contribution in [0.25, 0.3) is 0 Å². The Hall–Kier alpha value is -0.860. The van der Waals surface area contributed by atoms with Gasteiger partial charge in [0, 0.05) is 13.1 Å². The fourth-order valence-corrected chi connectivity index (χ4v) is 1.51. The van der Waals surface area contributed by atoms with Crippen LogP contribution in [0, 0.1) is 13.8 Å². The van der Waals surface area contributed by atoms with E-state index in [0.29, 0.717) is 6.54 Å². The van der Waals surface area contributed by atoms with Crippen LogP contribution in [0.1, 0.15) is 37.0 Å². The van der Waals surface area contributed by atoms with Crippen LogP contribution in [0.3, 0.4) is 0 Å². The summed E-state index contributed by atoms with van der Waals surface area (Å²) in [6.07, 6.45) is 0.771. The maximum atomic E-state index is 9.84. The second kappa shape index (κ2) is 5.46. The number of aliphatic hydroxyl groups is 1. The molecule has 0 aromatic heterocycles. The molecule has 1 rings (SSSR count). The SMILES string of the molecule is CCC(C)(O)CNCc1ccc(C)c(C)c1. The van der Waals surface area contributed by atoms with E-state index >= 15 is 0 Å². The summed E-state index contributed by atoms with van der Waals surface area (Å²) in [5, 5.41) is 13.1. The van der Waals surface area contributed by atoms with Crippen molar-refractivity contribution >= 4 is 0 Å². The Kier molecular flexibility index (Phi) is 4.51. The number of hydrogen-bond donors (Lipinski definition) is 2. The van der Waals surface area contributed by atoms with Gasteiger partial charge in [0.1, 0.15) is 0 Å². The molecule has 2 heteroatoms. The summed E-state index contributed by atoms with van der Waals surface area (Å²) in [7, 11) is 0. The van der Waals surface area contributed by atoms with Crippen molar-refractivity contribution in [1.82, 2.24) is 5.32 Å². The van der Waals surface area contributed by atoms with Gasteiger partial charge in [-0.15, -0.1) is 0 Å². The maximum Gasteiger partial charge on any atom is 0.0741 e. The average Bonchev–Trinajstić information content (AvgIpc) is 2.23. The van der Waals surface area contributed by atoms with Crippen molar-refractivity contribution in [2.45, 2.75) is 46.3 Å². The van der Waals surface area contributed by atoms with E-state index in [1.807, 2.05) is 13.8 Å². The molecule has 0 amide bonds. The summed E-state index contributed by atoms with van der Waals surface area (Å²) in [5.74, 6) is 0. The minimum atomic E-state index is -0.597. The lowest BCUT2D eigenvalue weighted by Crippen LogP contribution is -2.36. The van der Waals surface area contributed by atoms with E-state index in [1.54, 1.807) is 0 Å². The normalized spacial score (nSPS) is 14.8. The van der Waals surface area contributed by atoms with Crippen LogP contribution in [0.2, 0.25) is 0 Å². The first kappa shape index (κ1) is 13.2. The van der Waals surface area contributed by atoms with Crippen LogP contribution >= 0.6 is 0 Å². The van der Waals surface area contributed by atoms with E-state index in [0.717, 1.165) is 13.0 Å². The highest BCUT2D eigenvalue weighted by atomic mass is 16.3. The molecule has 0 saturated carbocycles. The van der Waals surface area contributed by atoms with Crippen molar-refractivity contribution < 1.29 is 5.11 Å². The van der Waals surface area contributed by atoms with Crippen molar-refractivity contribution in [1.29, 1.82) is 0 Å². The highest BCUT2D eigenvalue weighted by molar-refractivity contribution is 5.29. The first-order valence-electron chi connectivity index (χ1n) is 5.94. The first-order valence-corrected chi connectivity index (χ1v) is 5.94. The lowest BCUT2D eigenvalue weighted by Gasteiger charge is -2.21. The number of rotatable bonds is 5. The first-order chi connectivity index (χ1) is 7.44. The van der Waals surface area contributed by atoms with E-state index in [9.17, 15) is 5.11 Å². The van der Waals surface area contributed by atoms with Gasteiger partial charge in [-0.25, -0.2) is 0 Å². The zero-order valence-corrected chi connectivity index (χ0v) is 10.8. The van der Waals surface area contributed by atoms with E-state index in [2.05, 4.69) is 37.4 Å². The lowest BCUT2D eigenvalue weighted by atomic mass is 10.0. The molecule has 0 saturated heterocycles. The molecule has 0 aliphatic carbocycles. The zero-order valence-electron chi connectivity index (χ0n) is 10.8. The predicted octanol–water partition coefficient (Wildman–Crippen LogP) is 2.55. The van der Waals surface area contributed by atoms with Crippen LogP contribution in [0.4, 0.5) is 0 Å². The number of nitrogens with one attached hydrogen (secondary N) is 1. The van der Waals surface area contributed by atoms with E-state index in [1.165, 1.54) is 16.7 Å². The average molecular weight is 221 g/mol. The van der Waals surface area contributed by atoms with E-state index < -0.39 is 5.60 Å². The largest absolute Gasteiger partial charge is 0.389 e. The van der Waals surface area contributed by atoms with Crippen molar-refractivity contribution in [3.05, 3.63) is 34.9 Å². The quantitative estimate of drug-likeness (QED) is 0.801. The molecule has 0 fully saturated rings. The van der Waals surface area contributed by atoms with Gasteiger partial charge in [-0.3, -0.25) is 0 Å². The van der Waals surface area contributed by atoms with Crippen LogP contribution in [0.15, 0.2) is 18.2 Å². The van der Waals surface area contributed by atoms with Gasteiger partial charge in [0.15, 0.2) is 0 Å². The molecule has 0 radical (unpaired) electrons. The monoisotopic (exact) mass is 221 g/mol. The molecule has 2 N–H and O–H groups in total. The van der Waals surface area contributed by atoms with Crippen LogP contribution in [0.5, 0.6) is 0 Å². The molecule has 16 heavy (non-hydrogen) atoms. The van der Waals surface area contributed by atoms with Crippen LogP contribution in [-0.4, -0.2) is 17.3 Å². The Morgan fingerprint density at radius 2 is 1.94 bits per heavy atom. The molecule has 1 aromatic rings. The molecule has 1 atom stereocenters. The lowest BCUT2D eigenvalue weighted by molar-refractivity contribution is 0.0555. The molecule has 0 bridgehead atoms. The number of benzene rings is 1. The fraction of sp³-hybridized carbons (Fsp3) is 0.571. The Bertz CT molecular complexity index is 345. The summed E-state index contributed by atoms with van der Waals surface area (Å²) >= 11 is 0. The Balaban J connectivity index is 2.46. The highest BCUT2D eigenvalue weighted by Crippen LogP contribution is 2.10. The molecular weight excluding hydrogens is 198 g/mol. The van der Waals surface area contributed by atoms with Crippen molar-refractivity contribution in [2.24, 2.45) is 0 Å². The summed E-state index contributed by atoms with van der Waals surface area (Å²) in [6, 6.07) is 6.48. The van der Waals surface area contributed by atoms with Crippen molar-refractivity contribution in [3.8, 4) is 0 Å². The fourth-order valence-electron chi connectivity index (χ4n) is 1.51. The second-order valence-corrected chi connectivity index (χ2v) is 4.87. The van der Waals surface area contributed by atoms with Gasteiger partial charge in [-0.05, 0) is 43.9 Å². The summed E-state index contributed by atoms with van der Waals surface area (Å²) in [5.41, 5.74) is 3.32. The highest BCUT2D eigenvalue weighted by Gasteiger charge is 2.16. The molecule has 0 aliphatic heterocycles.